The second-order valence-electron chi connectivity index (χ2n) is 3.28. The lowest BCUT2D eigenvalue weighted by molar-refractivity contribution is -0.135. The molecule has 0 saturated carbocycles. The molecule has 1 aromatic carbocycles. The average Bonchev–Trinajstić information content (AvgIpc) is 2.34. The van der Waals surface area contributed by atoms with Crippen molar-refractivity contribution in [2.45, 2.75) is 4.90 Å². The van der Waals surface area contributed by atoms with Crippen molar-refractivity contribution in [3.05, 3.63) is 35.4 Å². The highest BCUT2D eigenvalue weighted by Crippen LogP contribution is 2.13. The Bertz CT molecular complexity index is 641. The van der Waals surface area contributed by atoms with Crippen molar-refractivity contribution in [3.8, 4) is 6.07 Å². The fraction of sp³-hybridized carbons (Fsp3) is 0.0909. The molecule has 0 spiro atoms. The molecule has 0 amide bonds. The van der Waals surface area contributed by atoms with Crippen LogP contribution in [0.1, 0.15) is 5.56 Å². The predicted octanol–water partition coefficient (Wildman–Crippen LogP) is 0.414. The summed E-state index contributed by atoms with van der Waals surface area (Å²) in [6.07, 6.45) is 1.22. The quantitative estimate of drug-likeness (QED) is 0.484. The Balaban J connectivity index is 3.24. The predicted molar refractivity (Wildman–Crippen MR) is 63.4 cm³/mol. The standard InChI is InChI=1S/C11H10N2O4S/c1-17-11(14)9(7-12)5-8-3-2-4-10(6-8)18(13,15)16/h2-6H,1H3,(H2,13,15,16)/b9-5-. The molecule has 0 bridgehead atoms. The van der Waals surface area contributed by atoms with Crippen LogP contribution in [0, 0.1) is 11.3 Å². The Kier molecular flexibility index (Phi) is 4.20. The number of nitriles is 1. The first kappa shape index (κ1) is 13.9. The smallest absolute Gasteiger partial charge is 0.348 e. The maximum atomic E-state index is 11.2. The molecular formula is C11H10N2O4S. The van der Waals surface area contributed by atoms with E-state index in [1.165, 1.54) is 30.3 Å². The summed E-state index contributed by atoms with van der Waals surface area (Å²) in [5.74, 6) is -0.793. The van der Waals surface area contributed by atoms with E-state index in [1.54, 1.807) is 6.07 Å². The molecule has 0 aliphatic carbocycles. The maximum absolute atomic E-state index is 11.2. The van der Waals surface area contributed by atoms with Gasteiger partial charge in [0.2, 0.25) is 10.0 Å². The van der Waals surface area contributed by atoms with Crippen LogP contribution in [0.2, 0.25) is 0 Å². The normalized spacial score (nSPS) is 11.7. The first-order valence-corrected chi connectivity index (χ1v) is 6.26. The summed E-state index contributed by atoms with van der Waals surface area (Å²) in [6, 6.07) is 7.23. The van der Waals surface area contributed by atoms with E-state index in [0.717, 1.165) is 7.11 Å². The fourth-order valence-electron chi connectivity index (χ4n) is 1.19. The van der Waals surface area contributed by atoms with Gasteiger partial charge in [-0.25, -0.2) is 18.4 Å². The minimum atomic E-state index is -3.82. The van der Waals surface area contributed by atoms with Gasteiger partial charge in [0.25, 0.3) is 0 Å². The molecule has 0 radical (unpaired) electrons. The number of carbonyl (C=O) groups excluding carboxylic acids is 1. The summed E-state index contributed by atoms with van der Waals surface area (Å²) in [5.41, 5.74) is 0.132. The lowest BCUT2D eigenvalue weighted by Gasteiger charge is -2.00. The molecular weight excluding hydrogens is 256 g/mol. The zero-order valence-corrected chi connectivity index (χ0v) is 10.3. The second kappa shape index (κ2) is 5.44. The molecule has 94 valence electrons. The number of benzene rings is 1. The maximum Gasteiger partial charge on any atom is 0.348 e. The Labute approximate surface area is 104 Å². The number of primary sulfonamides is 1. The Morgan fingerprint density at radius 3 is 2.67 bits per heavy atom. The molecule has 6 nitrogen and oxygen atoms in total. The van der Waals surface area contributed by atoms with E-state index in [0.29, 0.717) is 5.56 Å². The molecule has 0 aromatic heterocycles. The largest absolute Gasteiger partial charge is 0.465 e. The van der Waals surface area contributed by atoms with Crippen molar-refractivity contribution in [2.24, 2.45) is 5.14 Å². The first-order chi connectivity index (χ1) is 8.38. The third-order valence-electron chi connectivity index (χ3n) is 2.02. The highest BCUT2D eigenvalue weighted by molar-refractivity contribution is 7.89. The minimum absolute atomic E-state index is 0.0987. The lowest BCUT2D eigenvalue weighted by atomic mass is 10.1. The Morgan fingerprint density at radius 2 is 2.17 bits per heavy atom. The van der Waals surface area contributed by atoms with E-state index in [4.69, 9.17) is 10.4 Å². The van der Waals surface area contributed by atoms with Crippen LogP contribution in [0.5, 0.6) is 0 Å². The van der Waals surface area contributed by atoms with Crippen LogP contribution in [0.3, 0.4) is 0 Å². The van der Waals surface area contributed by atoms with Crippen molar-refractivity contribution in [2.75, 3.05) is 7.11 Å². The molecule has 0 aliphatic rings. The van der Waals surface area contributed by atoms with E-state index in [1.807, 2.05) is 0 Å². The number of methoxy groups -OCH3 is 1. The molecule has 2 N–H and O–H groups in total. The molecule has 1 rings (SSSR count). The van der Waals surface area contributed by atoms with E-state index in [-0.39, 0.29) is 10.5 Å². The van der Waals surface area contributed by atoms with Gasteiger partial charge in [0, 0.05) is 0 Å². The van der Waals surface area contributed by atoms with Crippen molar-refractivity contribution in [1.82, 2.24) is 0 Å². The molecule has 0 saturated heterocycles. The topological polar surface area (TPSA) is 110 Å². The molecule has 18 heavy (non-hydrogen) atoms. The van der Waals surface area contributed by atoms with Gasteiger partial charge in [0.1, 0.15) is 11.6 Å². The van der Waals surface area contributed by atoms with Gasteiger partial charge in [0.15, 0.2) is 0 Å². The van der Waals surface area contributed by atoms with Crippen molar-refractivity contribution in [1.29, 1.82) is 5.26 Å². The number of ether oxygens (including phenoxy) is 1. The van der Waals surface area contributed by atoms with Crippen molar-refractivity contribution < 1.29 is 17.9 Å². The zero-order valence-electron chi connectivity index (χ0n) is 9.45. The number of esters is 1. The summed E-state index contributed by atoms with van der Waals surface area (Å²) in [4.78, 5) is 11.1. The number of rotatable bonds is 3. The first-order valence-electron chi connectivity index (χ1n) is 4.71. The molecule has 1 aromatic rings. The van der Waals surface area contributed by atoms with Crippen molar-refractivity contribution in [3.63, 3.8) is 0 Å². The van der Waals surface area contributed by atoms with Crippen LogP contribution in [-0.4, -0.2) is 21.5 Å². The molecule has 0 heterocycles. The summed E-state index contributed by atoms with van der Waals surface area (Å²) < 4.78 is 26.7. The highest BCUT2D eigenvalue weighted by atomic mass is 32.2. The van der Waals surface area contributed by atoms with Gasteiger partial charge >= 0.3 is 5.97 Å². The van der Waals surface area contributed by atoms with Gasteiger partial charge in [-0.05, 0) is 23.8 Å². The van der Waals surface area contributed by atoms with Crippen LogP contribution in [-0.2, 0) is 19.6 Å². The van der Waals surface area contributed by atoms with E-state index >= 15 is 0 Å². The molecule has 7 heteroatoms. The van der Waals surface area contributed by atoms with Crippen LogP contribution in [0.25, 0.3) is 6.08 Å². The van der Waals surface area contributed by atoms with Crippen molar-refractivity contribution >= 4 is 22.1 Å². The summed E-state index contributed by atoms with van der Waals surface area (Å²) >= 11 is 0. The number of sulfonamides is 1. The molecule has 0 aliphatic heterocycles. The number of nitrogens with zero attached hydrogens (tertiary/aromatic N) is 1. The monoisotopic (exact) mass is 266 g/mol. The van der Waals surface area contributed by atoms with Gasteiger partial charge < -0.3 is 4.74 Å². The number of hydrogen-bond acceptors (Lipinski definition) is 5. The molecule has 0 atom stereocenters. The van der Waals surface area contributed by atoms with Crippen LogP contribution >= 0.6 is 0 Å². The summed E-state index contributed by atoms with van der Waals surface area (Å²) in [7, 11) is -2.67. The third kappa shape index (κ3) is 3.41. The van der Waals surface area contributed by atoms with E-state index < -0.39 is 16.0 Å². The van der Waals surface area contributed by atoms with Crippen LogP contribution < -0.4 is 5.14 Å². The van der Waals surface area contributed by atoms with E-state index in [9.17, 15) is 13.2 Å². The zero-order chi connectivity index (χ0) is 13.8. The van der Waals surface area contributed by atoms with Crippen LogP contribution in [0.4, 0.5) is 0 Å². The Morgan fingerprint density at radius 1 is 1.50 bits per heavy atom. The number of hydrogen-bond donors (Lipinski definition) is 1. The fourth-order valence-corrected chi connectivity index (χ4v) is 1.76. The minimum Gasteiger partial charge on any atom is -0.465 e. The average molecular weight is 266 g/mol. The highest BCUT2D eigenvalue weighted by Gasteiger charge is 2.10. The summed E-state index contributed by atoms with van der Waals surface area (Å²) in [5, 5.41) is 13.7. The van der Waals surface area contributed by atoms with Crippen LogP contribution in [0.15, 0.2) is 34.7 Å². The van der Waals surface area contributed by atoms with Gasteiger partial charge in [-0.3, -0.25) is 0 Å². The molecule has 0 fully saturated rings. The summed E-state index contributed by atoms with van der Waals surface area (Å²) in [6.45, 7) is 0. The number of carbonyl (C=O) groups is 1. The van der Waals surface area contributed by atoms with Gasteiger partial charge in [0.05, 0.1) is 12.0 Å². The van der Waals surface area contributed by atoms with E-state index in [2.05, 4.69) is 4.74 Å². The third-order valence-corrected chi connectivity index (χ3v) is 2.93. The second-order valence-corrected chi connectivity index (χ2v) is 4.84. The lowest BCUT2D eigenvalue weighted by Crippen LogP contribution is -2.12. The Hall–Kier alpha value is -2.17. The van der Waals surface area contributed by atoms with Gasteiger partial charge in [-0.2, -0.15) is 5.26 Å². The number of nitrogens with two attached hydrogens (primary N) is 1. The SMILES string of the molecule is COC(=O)/C(C#N)=C\c1cccc(S(N)(=O)=O)c1. The van der Waals surface area contributed by atoms with Gasteiger partial charge in [-0.15, -0.1) is 0 Å². The van der Waals surface area contributed by atoms with Gasteiger partial charge in [-0.1, -0.05) is 12.1 Å². The molecule has 0 unspecified atom stereocenters.